The fourth-order valence-corrected chi connectivity index (χ4v) is 2.92. The van der Waals surface area contributed by atoms with Gasteiger partial charge in [-0.2, -0.15) is 0 Å². The average molecular weight is 471 g/mol. The molecule has 0 aromatic heterocycles. The van der Waals surface area contributed by atoms with Crippen LogP contribution >= 0.6 is 61.7 Å². The molecule has 0 fully saturated rings. The van der Waals surface area contributed by atoms with E-state index in [0.29, 0.717) is 21.3 Å². The van der Waals surface area contributed by atoms with Crippen LogP contribution in [0.3, 0.4) is 0 Å². The molecule has 0 aliphatic heterocycles. The Balaban J connectivity index is 2.28. The van der Waals surface area contributed by atoms with Crippen molar-refractivity contribution in [1.29, 1.82) is 0 Å². The normalized spacial score (nSPS) is 10.3. The number of halogens is 4. The summed E-state index contributed by atoms with van der Waals surface area (Å²) < 4.78 is 1.79. The Kier molecular flexibility index (Phi) is 5.11. The van der Waals surface area contributed by atoms with Crippen molar-refractivity contribution in [2.75, 3.05) is 5.32 Å². The molecule has 0 bridgehead atoms. The zero-order valence-corrected chi connectivity index (χ0v) is 14.6. The first kappa shape index (κ1) is 15.1. The molecule has 2 rings (SSSR count). The maximum absolute atomic E-state index is 12.1. The minimum Gasteiger partial charge on any atom is -0.321 e. The SMILES string of the molecule is O=C(Nc1ccc(I)cc1Cl)c1cc(Br)ccc1Cl. The number of nitrogens with one attached hydrogen (secondary N) is 1. The Bertz CT molecular complexity index is 649. The molecular formula is C13H7BrCl2INO. The molecule has 98 valence electrons. The largest absolute Gasteiger partial charge is 0.321 e. The average Bonchev–Trinajstić information content (AvgIpc) is 2.35. The van der Waals surface area contributed by atoms with Gasteiger partial charge in [-0.15, -0.1) is 0 Å². The molecule has 0 unspecified atom stereocenters. The lowest BCUT2D eigenvalue weighted by Gasteiger charge is -2.09. The Morgan fingerprint density at radius 3 is 2.53 bits per heavy atom. The van der Waals surface area contributed by atoms with Crippen molar-refractivity contribution in [2.45, 2.75) is 0 Å². The molecule has 6 heteroatoms. The van der Waals surface area contributed by atoms with Gasteiger partial charge in [0.1, 0.15) is 0 Å². The highest BCUT2D eigenvalue weighted by Crippen LogP contribution is 2.26. The van der Waals surface area contributed by atoms with Gasteiger partial charge in [0.15, 0.2) is 0 Å². The molecule has 2 nitrogen and oxygen atoms in total. The van der Waals surface area contributed by atoms with Crippen molar-refractivity contribution < 1.29 is 4.79 Å². The van der Waals surface area contributed by atoms with E-state index in [2.05, 4.69) is 43.8 Å². The van der Waals surface area contributed by atoms with Gasteiger partial charge in [-0.05, 0) is 59.0 Å². The topological polar surface area (TPSA) is 29.1 Å². The monoisotopic (exact) mass is 469 g/mol. The molecule has 19 heavy (non-hydrogen) atoms. The molecule has 0 spiro atoms. The van der Waals surface area contributed by atoms with Gasteiger partial charge >= 0.3 is 0 Å². The molecule has 0 aliphatic rings. The molecule has 0 saturated carbocycles. The summed E-state index contributed by atoms with van der Waals surface area (Å²) in [6.45, 7) is 0. The third-order valence-electron chi connectivity index (χ3n) is 2.35. The second-order valence-electron chi connectivity index (χ2n) is 3.70. The van der Waals surface area contributed by atoms with Crippen LogP contribution in [-0.4, -0.2) is 5.91 Å². The van der Waals surface area contributed by atoms with Crippen LogP contribution in [0, 0.1) is 3.57 Å². The highest BCUT2D eigenvalue weighted by atomic mass is 127. The second kappa shape index (κ2) is 6.43. The van der Waals surface area contributed by atoms with Crippen LogP contribution in [0.4, 0.5) is 5.69 Å². The predicted octanol–water partition coefficient (Wildman–Crippen LogP) is 5.61. The number of carbonyl (C=O) groups is 1. The first-order valence-corrected chi connectivity index (χ1v) is 7.81. The second-order valence-corrected chi connectivity index (χ2v) is 6.68. The van der Waals surface area contributed by atoms with Crippen molar-refractivity contribution in [3.63, 3.8) is 0 Å². The summed E-state index contributed by atoms with van der Waals surface area (Å²) in [5.74, 6) is -0.297. The molecule has 0 saturated heterocycles. The first-order valence-electron chi connectivity index (χ1n) is 5.19. The maximum Gasteiger partial charge on any atom is 0.257 e. The van der Waals surface area contributed by atoms with E-state index in [1.807, 2.05) is 6.07 Å². The van der Waals surface area contributed by atoms with Gasteiger partial charge in [0.05, 0.1) is 21.3 Å². The van der Waals surface area contributed by atoms with E-state index in [0.717, 1.165) is 8.04 Å². The lowest BCUT2D eigenvalue weighted by molar-refractivity contribution is 0.102. The summed E-state index contributed by atoms with van der Waals surface area (Å²) in [7, 11) is 0. The molecule has 1 N–H and O–H groups in total. The third kappa shape index (κ3) is 3.84. The van der Waals surface area contributed by atoms with E-state index < -0.39 is 0 Å². The van der Waals surface area contributed by atoms with Gasteiger partial charge in [-0.25, -0.2) is 0 Å². The highest BCUT2D eigenvalue weighted by Gasteiger charge is 2.12. The number of hydrogen-bond donors (Lipinski definition) is 1. The van der Waals surface area contributed by atoms with Crippen molar-refractivity contribution >= 4 is 73.3 Å². The summed E-state index contributed by atoms with van der Waals surface area (Å²) in [6, 6.07) is 10.5. The molecule has 1 amide bonds. The van der Waals surface area contributed by atoms with Gasteiger partial charge in [-0.1, -0.05) is 39.1 Å². The maximum atomic E-state index is 12.1. The number of hydrogen-bond acceptors (Lipinski definition) is 1. The van der Waals surface area contributed by atoms with Crippen LogP contribution in [0.2, 0.25) is 10.0 Å². The van der Waals surface area contributed by atoms with Crippen LogP contribution in [0.25, 0.3) is 0 Å². The molecular weight excluding hydrogens is 464 g/mol. The van der Waals surface area contributed by atoms with Crippen molar-refractivity contribution in [1.82, 2.24) is 0 Å². The van der Waals surface area contributed by atoms with E-state index >= 15 is 0 Å². The quantitative estimate of drug-likeness (QED) is 0.568. The number of carbonyl (C=O) groups excluding carboxylic acids is 1. The lowest BCUT2D eigenvalue weighted by Crippen LogP contribution is -2.12. The fourth-order valence-electron chi connectivity index (χ4n) is 1.45. The molecule has 0 heterocycles. The number of benzene rings is 2. The number of rotatable bonds is 2. The smallest absolute Gasteiger partial charge is 0.257 e. The standard InChI is InChI=1S/C13H7BrCl2INO/c14-7-1-3-10(15)9(5-7)13(19)18-12-4-2-8(17)6-11(12)16/h1-6H,(H,18,19). The Labute approximate surface area is 142 Å². The fraction of sp³-hybridized carbons (Fsp3) is 0. The first-order chi connectivity index (χ1) is 8.97. The molecule has 0 atom stereocenters. The van der Waals surface area contributed by atoms with Crippen LogP contribution < -0.4 is 5.32 Å². The van der Waals surface area contributed by atoms with Gasteiger partial charge in [0, 0.05) is 8.04 Å². The van der Waals surface area contributed by atoms with E-state index in [1.54, 1.807) is 30.3 Å². The minimum atomic E-state index is -0.297. The van der Waals surface area contributed by atoms with Gasteiger partial charge < -0.3 is 5.32 Å². The zero-order valence-electron chi connectivity index (χ0n) is 9.38. The van der Waals surface area contributed by atoms with Crippen LogP contribution in [0.5, 0.6) is 0 Å². The minimum absolute atomic E-state index is 0.297. The van der Waals surface area contributed by atoms with Crippen molar-refractivity contribution in [3.05, 3.63) is 60.0 Å². The van der Waals surface area contributed by atoms with Gasteiger partial charge in [0.25, 0.3) is 5.91 Å². The number of amides is 1. The molecule has 2 aromatic rings. The summed E-state index contributed by atoms with van der Waals surface area (Å²) in [6.07, 6.45) is 0. The molecule has 0 aliphatic carbocycles. The third-order valence-corrected chi connectivity index (χ3v) is 4.16. The summed E-state index contributed by atoms with van der Waals surface area (Å²) in [5, 5.41) is 3.63. The van der Waals surface area contributed by atoms with Crippen molar-refractivity contribution in [2.24, 2.45) is 0 Å². The van der Waals surface area contributed by atoms with Crippen LogP contribution in [0.1, 0.15) is 10.4 Å². The van der Waals surface area contributed by atoms with Gasteiger partial charge in [-0.3, -0.25) is 4.79 Å². The summed E-state index contributed by atoms with van der Waals surface area (Å²) in [4.78, 5) is 12.1. The van der Waals surface area contributed by atoms with Crippen LogP contribution in [0.15, 0.2) is 40.9 Å². The molecule has 0 radical (unpaired) electrons. The molecule has 2 aromatic carbocycles. The van der Waals surface area contributed by atoms with Crippen molar-refractivity contribution in [3.8, 4) is 0 Å². The summed E-state index contributed by atoms with van der Waals surface area (Å²) in [5.41, 5.74) is 0.953. The Hall–Kier alpha value is -0.300. The zero-order chi connectivity index (χ0) is 14.0. The number of anilines is 1. The van der Waals surface area contributed by atoms with E-state index in [4.69, 9.17) is 23.2 Å². The summed E-state index contributed by atoms with van der Waals surface area (Å²) >= 11 is 17.5. The Morgan fingerprint density at radius 1 is 1.11 bits per heavy atom. The Morgan fingerprint density at radius 2 is 1.84 bits per heavy atom. The van der Waals surface area contributed by atoms with E-state index in [9.17, 15) is 4.79 Å². The van der Waals surface area contributed by atoms with Crippen LogP contribution in [-0.2, 0) is 0 Å². The highest BCUT2D eigenvalue weighted by molar-refractivity contribution is 14.1. The van der Waals surface area contributed by atoms with E-state index in [1.165, 1.54) is 0 Å². The predicted molar refractivity (Wildman–Crippen MR) is 91.3 cm³/mol. The van der Waals surface area contributed by atoms with E-state index in [-0.39, 0.29) is 5.91 Å². The lowest BCUT2D eigenvalue weighted by atomic mass is 10.2. The van der Waals surface area contributed by atoms with Gasteiger partial charge in [0.2, 0.25) is 0 Å².